The highest BCUT2D eigenvalue weighted by molar-refractivity contribution is 5.39. The Labute approximate surface area is 126 Å². The fraction of sp³-hybridized carbons (Fsp3) is 0.556. The summed E-state index contributed by atoms with van der Waals surface area (Å²) in [6.45, 7) is 4.52. The van der Waals surface area contributed by atoms with E-state index in [1.54, 1.807) is 12.1 Å². The minimum Gasteiger partial charge on any atom is -0.490 e. The van der Waals surface area contributed by atoms with Crippen molar-refractivity contribution < 1.29 is 14.2 Å². The van der Waals surface area contributed by atoms with Crippen LogP contribution in [0.25, 0.3) is 0 Å². The molecule has 0 heterocycles. The van der Waals surface area contributed by atoms with E-state index in [-0.39, 0.29) is 18.5 Å². The van der Waals surface area contributed by atoms with Crippen LogP contribution in [0.15, 0.2) is 18.2 Å². The average Bonchev–Trinajstić information content (AvgIpc) is 2.45. The van der Waals surface area contributed by atoms with E-state index in [4.69, 9.17) is 9.84 Å². The van der Waals surface area contributed by atoms with Crippen molar-refractivity contribution in [2.45, 2.75) is 45.6 Å². The molecule has 3 atom stereocenters. The lowest BCUT2D eigenvalue weighted by atomic mass is 9.80. The molecule has 21 heavy (non-hydrogen) atoms. The van der Waals surface area contributed by atoms with E-state index < -0.39 is 0 Å². The molecule has 1 saturated carbocycles. The predicted octanol–water partition coefficient (Wildman–Crippen LogP) is 3.76. The maximum Gasteiger partial charge on any atom is 0.142 e. The first-order valence-electron chi connectivity index (χ1n) is 7.66. The van der Waals surface area contributed by atoms with Gasteiger partial charge in [-0.25, -0.2) is 4.39 Å². The van der Waals surface area contributed by atoms with Crippen molar-refractivity contribution in [2.75, 3.05) is 6.61 Å². The van der Waals surface area contributed by atoms with Gasteiger partial charge in [0, 0.05) is 12.5 Å². The highest BCUT2D eigenvalue weighted by atomic mass is 19.1. The van der Waals surface area contributed by atoms with E-state index in [0.29, 0.717) is 23.7 Å². The molecule has 3 unspecified atom stereocenters. The summed E-state index contributed by atoms with van der Waals surface area (Å²) in [5.41, 5.74) is 0.349. The molecular formula is C18H23FO2. The maximum atomic E-state index is 13.9. The van der Waals surface area contributed by atoms with Crippen LogP contribution in [0.2, 0.25) is 0 Å². The molecule has 3 heteroatoms. The number of hydrogen-bond acceptors (Lipinski definition) is 2. The zero-order chi connectivity index (χ0) is 15.2. The molecule has 1 aromatic rings. The molecule has 0 spiro atoms. The summed E-state index contributed by atoms with van der Waals surface area (Å²) in [5.74, 6) is 7.04. The molecule has 0 saturated heterocycles. The van der Waals surface area contributed by atoms with Crippen molar-refractivity contribution >= 4 is 0 Å². The smallest absolute Gasteiger partial charge is 0.142 e. The van der Waals surface area contributed by atoms with Gasteiger partial charge in [-0.15, -0.1) is 0 Å². The minimum atomic E-state index is -0.366. The van der Waals surface area contributed by atoms with Gasteiger partial charge in [-0.05, 0) is 43.2 Å². The number of hydrogen-bond donors (Lipinski definition) is 1. The lowest BCUT2D eigenvalue weighted by Crippen LogP contribution is -2.28. The zero-order valence-corrected chi connectivity index (χ0v) is 12.7. The second-order valence-corrected chi connectivity index (χ2v) is 5.92. The summed E-state index contributed by atoms with van der Waals surface area (Å²) in [7, 11) is 0. The van der Waals surface area contributed by atoms with Crippen LogP contribution in [-0.4, -0.2) is 17.8 Å². The van der Waals surface area contributed by atoms with Crippen LogP contribution in [0.1, 0.15) is 45.1 Å². The highest BCUT2D eigenvalue weighted by Gasteiger charge is 2.25. The van der Waals surface area contributed by atoms with Gasteiger partial charge in [0.2, 0.25) is 0 Å². The average molecular weight is 290 g/mol. The Bertz CT molecular complexity index is 530. The van der Waals surface area contributed by atoms with Crippen molar-refractivity contribution in [3.8, 4) is 17.6 Å². The number of rotatable bonds is 3. The van der Waals surface area contributed by atoms with Gasteiger partial charge in [0.05, 0.1) is 18.3 Å². The third kappa shape index (κ3) is 4.47. The summed E-state index contributed by atoms with van der Waals surface area (Å²) in [4.78, 5) is 0. The standard InChI is InChI=1S/C18H23FO2/c1-13-6-8-16(11-14(13)2)21-17-9-7-15(18(19)12-17)5-3-4-10-20/h7,9,12-14,16,20H,4,6,8,10-11H2,1-2H3. The molecule has 0 aliphatic heterocycles. The van der Waals surface area contributed by atoms with E-state index in [9.17, 15) is 4.39 Å². The van der Waals surface area contributed by atoms with Crippen LogP contribution in [0.3, 0.4) is 0 Å². The van der Waals surface area contributed by atoms with E-state index in [1.807, 2.05) is 0 Å². The largest absolute Gasteiger partial charge is 0.490 e. The van der Waals surface area contributed by atoms with E-state index in [1.165, 1.54) is 12.5 Å². The van der Waals surface area contributed by atoms with Crippen molar-refractivity contribution in [1.82, 2.24) is 0 Å². The number of halogens is 1. The summed E-state index contributed by atoms with van der Waals surface area (Å²) in [6, 6.07) is 4.82. The van der Waals surface area contributed by atoms with Gasteiger partial charge in [0.1, 0.15) is 11.6 Å². The van der Waals surface area contributed by atoms with Crippen LogP contribution < -0.4 is 4.74 Å². The summed E-state index contributed by atoms with van der Waals surface area (Å²) in [5, 5.41) is 8.66. The Morgan fingerprint density at radius 2 is 2.10 bits per heavy atom. The first-order chi connectivity index (χ1) is 10.1. The van der Waals surface area contributed by atoms with Gasteiger partial charge >= 0.3 is 0 Å². The Kier molecular flexibility index (Phi) is 5.64. The fourth-order valence-electron chi connectivity index (χ4n) is 2.68. The van der Waals surface area contributed by atoms with Crippen LogP contribution in [0.4, 0.5) is 4.39 Å². The van der Waals surface area contributed by atoms with Gasteiger partial charge in [-0.3, -0.25) is 0 Å². The Morgan fingerprint density at radius 1 is 1.29 bits per heavy atom. The Morgan fingerprint density at radius 3 is 2.76 bits per heavy atom. The summed E-state index contributed by atoms with van der Waals surface area (Å²) >= 11 is 0. The molecule has 0 aromatic heterocycles. The zero-order valence-electron chi connectivity index (χ0n) is 12.7. The third-order valence-corrected chi connectivity index (χ3v) is 4.25. The summed E-state index contributed by atoms with van der Waals surface area (Å²) < 4.78 is 19.8. The number of benzene rings is 1. The molecule has 1 aliphatic carbocycles. The normalized spacial score (nSPS) is 25.0. The van der Waals surface area contributed by atoms with Gasteiger partial charge in [0.25, 0.3) is 0 Å². The molecule has 0 radical (unpaired) electrons. The predicted molar refractivity (Wildman–Crippen MR) is 81.6 cm³/mol. The van der Waals surface area contributed by atoms with Gasteiger partial charge in [-0.1, -0.05) is 25.7 Å². The van der Waals surface area contributed by atoms with Crippen LogP contribution in [0.5, 0.6) is 5.75 Å². The molecule has 0 bridgehead atoms. The van der Waals surface area contributed by atoms with Crippen molar-refractivity contribution in [3.05, 3.63) is 29.6 Å². The van der Waals surface area contributed by atoms with Gasteiger partial charge < -0.3 is 9.84 Å². The second kappa shape index (κ2) is 7.47. The molecule has 2 rings (SSSR count). The van der Waals surface area contributed by atoms with E-state index >= 15 is 0 Å². The number of aliphatic hydroxyl groups is 1. The molecule has 1 aliphatic rings. The molecular weight excluding hydrogens is 267 g/mol. The van der Waals surface area contributed by atoms with Crippen LogP contribution >= 0.6 is 0 Å². The molecule has 2 nitrogen and oxygen atoms in total. The fourth-order valence-corrected chi connectivity index (χ4v) is 2.68. The van der Waals surface area contributed by atoms with E-state index in [2.05, 4.69) is 25.7 Å². The van der Waals surface area contributed by atoms with E-state index in [0.717, 1.165) is 18.8 Å². The maximum absolute atomic E-state index is 13.9. The van der Waals surface area contributed by atoms with Crippen molar-refractivity contribution in [1.29, 1.82) is 0 Å². The first-order valence-corrected chi connectivity index (χ1v) is 7.66. The number of aliphatic hydroxyl groups excluding tert-OH is 1. The molecule has 0 amide bonds. The first kappa shape index (κ1) is 15.9. The topological polar surface area (TPSA) is 29.5 Å². The second-order valence-electron chi connectivity index (χ2n) is 5.92. The third-order valence-electron chi connectivity index (χ3n) is 4.25. The van der Waals surface area contributed by atoms with Gasteiger partial charge in [-0.2, -0.15) is 0 Å². The van der Waals surface area contributed by atoms with Gasteiger partial charge in [0.15, 0.2) is 0 Å². The quantitative estimate of drug-likeness (QED) is 0.859. The SMILES string of the molecule is CC1CCC(Oc2ccc(C#CCCO)c(F)c2)CC1C. The van der Waals surface area contributed by atoms with Crippen molar-refractivity contribution in [2.24, 2.45) is 11.8 Å². The molecule has 1 fully saturated rings. The number of ether oxygens (including phenoxy) is 1. The summed E-state index contributed by atoms with van der Waals surface area (Å²) in [6.07, 6.45) is 3.77. The lowest BCUT2D eigenvalue weighted by molar-refractivity contribution is 0.100. The van der Waals surface area contributed by atoms with Crippen LogP contribution in [-0.2, 0) is 0 Å². The molecule has 1 aromatic carbocycles. The van der Waals surface area contributed by atoms with Crippen molar-refractivity contribution in [3.63, 3.8) is 0 Å². The van der Waals surface area contributed by atoms with Crippen LogP contribution in [0, 0.1) is 29.5 Å². The molecule has 1 N–H and O–H groups in total. The lowest BCUT2D eigenvalue weighted by Gasteiger charge is -2.32. The Hall–Kier alpha value is -1.53. The molecule has 114 valence electrons. The highest BCUT2D eigenvalue weighted by Crippen LogP contribution is 2.32. The monoisotopic (exact) mass is 290 g/mol. The Balaban J connectivity index is 1.99. The minimum absolute atomic E-state index is 0.00585.